The Kier molecular flexibility index (Phi) is 2.84. The zero-order valence-corrected chi connectivity index (χ0v) is 16.4. The Morgan fingerprint density at radius 3 is 1.92 bits per heavy atom. The summed E-state index contributed by atoms with van der Waals surface area (Å²) in [5.41, 5.74) is 7.02. The quantitative estimate of drug-likeness (QED) is 0.379. The van der Waals surface area contributed by atoms with E-state index in [2.05, 4.69) is 100 Å². The fourth-order valence-electron chi connectivity index (χ4n) is 4.38. The van der Waals surface area contributed by atoms with Gasteiger partial charge in [-0.05, 0) is 12.1 Å². The molecule has 4 radical (unpaired) electrons. The van der Waals surface area contributed by atoms with E-state index < -0.39 is 0 Å². The topological polar surface area (TPSA) is 27.7 Å². The van der Waals surface area contributed by atoms with Gasteiger partial charge in [0.25, 0.3) is 0 Å². The van der Waals surface area contributed by atoms with Crippen molar-refractivity contribution < 1.29 is 0 Å². The first-order valence-corrected chi connectivity index (χ1v) is 9.51. The van der Waals surface area contributed by atoms with Crippen LogP contribution in [0.15, 0.2) is 54.9 Å². The lowest BCUT2D eigenvalue weighted by Gasteiger charge is -2.07. The maximum Gasteiger partial charge on any atom is 0.318 e. The number of rotatable bonds is 0. The third-order valence-electron chi connectivity index (χ3n) is 5.46. The van der Waals surface area contributed by atoms with Crippen LogP contribution in [0.3, 0.4) is 0 Å². The first-order valence-electron chi connectivity index (χ1n) is 8.48. The fraction of sp³-hybridized carbons (Fsp3) is 0.0500. The number of fused-ring (bicyclic) bond motifs is 10. The molecule has 6 heteroatoms. The highest BCUT2D eigenvalue weighted by atomic mass is 27.1. The first kappa shape index (κ1) is 14.9. The van der Waals surface area contributed by atoms with Crippen LogP contribution in [0.1, 0.15) is 0 Å². The molecule has 0 saturated heterocycles. The minimum Gasteiger partial charge on any atom is -0.451 e. The van der Waals surface area contributed by atoms with E-state index in [1.165, 1.54) is 43.6 Å². The van der Waals surface area contributed by atoms with E-state index in [-0.39, 0.29) is 0 Å². The molecule has 118 valence electrons. The Morgan fingerprint density at radius 1 is 0.731 bits per heavy atom. The van der Waals surface area contributed by atoms with Crippen LogP contribution in [0, 0.1) is 0 Å². The van der Waals surface area contributed by atoms with Gasteiger partial charge in [-0.15, -0.1) is 0 Å². The van der Waals surface area contributed by atoms with Crippen molar-refractivity contribution in [3.63, 3.8) is 0 Å². The first-order chi connectivity index (χ1) is 12.7. The van der Waals surface area contributed by atoms with Crippen LogP contribution in [-0.4, -0.2) is 49.7 Å². The van der Waals surface area contributed by atoms with E-state index in [0.29, 0.717) is 0 Å². The van der Waals surface area contributed by atoms with Crippen molar-refractivity contribution in [1.82, 2.24) is 16.7 Å². The largest absolute Gasteiger partial charge is 0.451 e. The second-order valence-electron chi connectivity index (χ2n) is 6.77. The number of aromatic nitrogens is 4. The average molecular weight is 362 g/mol. The summed E-state index contributed by atoms with van der Waals surface area (Å²) in [6.07, 6.45) is 1.92. The van der Waals surface area contributed by atoms with Gasteiger partial charge in [0.1, 0.15) is 5.52 Å². The molecule has 0 atom stereocenters. The van der Waals surface area contributed by atoms with E-state index in [1.807, 2.05) is 6.33 Å². The molecule has 0 spiro atoms. The van der Waals surface area contributed by atoms with Crippen molar-refractivity contribution in [2.24, 2.45) is 7.05 Å². The molecule has 3 aromatic carbocycles. The van der Waals surface area contributed by atoms with Crippen molar-refractivity contribution in [3.05, 3.63) is 54.9 Å². The Balaban J connectivity index is 2.14. The van der Waals surface area contributed by atoms with Gasteiger partial charge in [-0.1, -0.05) is 36.4 Å². The Labute approximate surface area is 165 Å². The SMILES string of the molecule is Cn1cnc2c1c1c3ccccc3[n]([Al])c1c1c3ccccc3[n]([Al])c21. The zero-order chi connectivity index (χ0) is 17.6. The summed E-state index contributed by atoms with van der Waals surface area (Å²) < 4.78 is 6.58. The highest BCUT2D eigenvalue weighted by Gasteiger charge is 2.21. The number of benzene rings is 3. The molecule has 0 aliphatic heterocycles. The van der Waals surface area contributed by atoms with Crippen LogP contribution >= 0.6 is 0 Å². The smallest absolute Gasteiger partial charge is 0.318 e. The molecule has 0 aliphatic rings. The van der Waals surface area contributed by atoms with Gasteiger partial charge in [0.05, 0.1) is 17.4 Å². The van der Waals surface area contributed by atoms with Gasteiger partial charge in [0, 0.05) is 45.1 Å². The maximum absolute atomic E-state index is 4.78. The highest BCUT2D eigenvalue weighted by Crippen LogP contribution is 2.43. The molecule has 4 nitrogen and oxygen atoms in total. The second kappa shape index (κ2) is 4.94. The van der Waals surface area contributed by atoms with Crippen molar-refractivity contribution in [2.75, 3.05) is 0 Å². The number of para-hydroxylation sites is 2. The molecule has 0 aliphatic carbocycles. The van der Waals surface area contributed by atoms with Crippen LogP contribution in [-0.2, 0) is 7.05 Å². The summed E-state index contributed by atoms with van der Waals surface area (Å²) in [5.74, 6) is 0. The lowest BCUT2D eigenvalue weighted by atomic mass is 10.1. The van der Waals surface area contributed by atoms with Crippen LogP contribution < -0.4 is 0 Å². The number of nitrogens with zero attached hydrogens (tertiary/aromatic N) is 4. The molecule has 0 saturated carbocycles. The van der Waals surface area contributed by atoms with Gasteiger partial charge in [-0.3, -0.25) is 0 Å². The van der Waals surface area contributed by atoms with Gasteiger partial charge in [-0.25, -0.2) is 4.98 Å². The van der Waals surface area contributed by atoms with E-state index >= 15 is 0 Å². The molecule has 6 rings (SSSR count). The lowest BCUT2D eigenvalue weighted by Crippen LogP contribution is -1.94. The normalized spacial score (nSPS) is 12.3. The van der Waals surface area contributed by atoms with Crippen LogP contribution in [0.4, 0.5) is 0 Å². The molecule has 0 bridgehead atoms. The van der Waals surface area contributed by atoms with E-state index in [0.717, 1.165) is 11.0 Å². The van der Waals surface area contributed by atoms with Gasteiger partial charge >= 0.3 is 33.0 Å². The number of imidazole rings is 1. The molecule has 26 heavy (non-hydrogen) atoms. The van der Waals surface area contributed by atoms with Crippen molar-refractivity contribution >= 4 is 87.7 Å². The number of aryl methyl sites for hydroxylation is 1. The molecule has 0 fully saturated rings. The Morgan fingerprint density at radius 2 is 1.27 bits per heavy atom. The standard InChI is InChI=1S/C20H12N4.2Al/c1-24-10-21-19-18-15(11-6-2-4-8-13(11)23-18)17-16(20(19)24)12-7-3-5-9-14(12)22-17;;/h2-10H,1H3;;/q-2;2*+1. The third kappa shape index (κ3) is 1.60. The molecule has 6 aromatic rings. The van der Waals surface area contributed by atoms with Gasteiger partial charge in [0.15, 0.2) is 0 Å². The predicted octanol–water partition coefficient (Wildman–Crippen LogP) is 3.65. The molecule has 3 aromatic heterocycles. The number of hydrogen-bond acceptors (Lipinski definition) is 1. The molecular weight excluding hydrogens is 350 g/mol. The summed E-state index contributed by atoms with van der Waals surface area (Å²) in [5, 5.41) is 5.03. The molecular formula is C20H12Al2N4. The van der Waals surface area contributed by atoms with Gasteiger partial charge in [-0.2, -0.15) is 0 Å². The summed E-state index contributed by atoms with van der Waals surface area (Å²) in [7, 11) is 2.07. The monoisotopic (exact) mass is 362 g/mol. The Hall–Kier alpha value is -2.21. The molecule has 0 N–H and O–H groups in total. The summed E-state index contributed by atoms with van der Waals surface area (Å²) in [4.78, 5) is 4.78. The molecule has 0 unspecified atom stereocenters. The summed E-state index contributed by atoms with van der Waals surface area (Å²) >= 11 is 5.78. The van der Waals surface area contributed by atoms with Gasteiger partial charge in [0.2, 0.25) is 0 Å². The van der Waals surface area contributed by atoms with Crippen molar-refractivity contribution in [1.29, 1.82) is 0 Å². The van der Waals surface area contributed by atoms with E-state index in [9.17, 15) is 0 Å². The second-order valence-corrected chi connectivity index (χ2v) is 7.81. The Bertz CT molecular complexity index is 1520. The van der Waals surface area contributed by atoms with Crippen LogP contribution in [0.5, 0.6) is 0 Å². The minimum atomic E-state index is 1.04. The molecule has 3 heterocycles. The maximum atomic E-state index is 4.78. The lowest BCUT2D eigenvalue weighted by molar-refractivity contribution is 0.951. The van der Waals surface area contributed by atoms with E-state index in [1.54, 1.807) is 0 Å². The van der Waals surface area contributed by atoms with Crippen LogP contribution in [0.2, 0.25) is 0 Å². The van der Waals surface area contributed by atoms with Crippen molar-refractivity contribution in [2.45, 2.75) is 0 Å². The summed E-state index contributed by atoms with van der Waals surface area (Å²) in [6, 6.07) is 17.2. The zero-order valence-electron chi connectivity index (χ0n) is 14.1. The van der Waals surface area contributed by atoms with Crippen molar-refractivity contribution in [3.8, 4) is 0 Å². The molecule has 0 amide bonds. The number of hydrogen-bond donors (Lipinski definition) is 0. The predicted molar refractivity (Wildman–Crippen MR) is 109 cm³/mol. The average Bonchev–Trinajstić information content (AvgIpc) is 3.28. The van der Waals surface area contributed by atoms with E-state index in [4.69, 9.17) is 4.98 Å². The summed E-state index contributed by atoms with van der Waals surface area (Å²) in [6.45, 7) is 0. The minimum absolute atomic E-state index is 1.04. The van der Waals surface area contributed by atoms with Crippen LogP contribution in [0.25, 0.3) is 54.6 Å². The fourth-order valence-corrected chi connectivity index (χ4v) is 5.34. The van der Waals surface area contributed by atoms with Gasteiger partial charge < -0.3 is 11.7 Å². The third-order valence-corrected chi connectivity index (χ3v) is 6.53. The highest BCUT2D eigenvalue weighted by molar-refractivity contribution is 6.40.